The zero-order chi connectivity index (χ0) is 12.2. The van der Waals surface area contributed by atoms with E-state index in [9.17, 15) is 4.79 Å². The number of unbranched alkanes of at least 4 members (excludes halogenated alkanes) is 3. The summed E-state index contributed by atoms with van der Waals surface area (Å²) >= 11 is 3.38. The lowest BCUT2D eigenvalue weighted by molar-refractivity contribution is -0.122. The first kappa shape index (κ1) is 15.9. The van der Waals surface area contributed by atoms with E-state index in [1.807, 2.05) is 0 Å². The molecule has 1 amide bonds. The second kappa shape index (κ2) is 11.4. The molecule has 0 aliphatic rings. The average molecular weight is 294 g/mol. The summed E-state index contributed by atoms with van der Waals surface area (Å²) in [4.78, 5) is 11.6. The molecule has 16 heavy (non-hydrogen) atoms. The number of carbonyl (C=O) groups excluding carboxylic acids is 1. The quantitative estimate of drug-likeness (QED) is 0.497. The minimum atomic E-state index is 0.142. The fourth-order valence-corrected chi connectivity index (χ4v) is 2.09. The van der Waals surface area contributed by atoms with Gasteiger partial charge in [0.05, 0.1) is 12.6 Å². The number of nitrogens with one attached hydrogen (secondary N) is 1. The first-order valence-electron chi connectivity index (χ1n) is 6.08. The molecule has 0 spiro atoms. The van der Waals surface area contributed by atoms with Crippen LogP contribution in [0.25, 0.3) is 0 Å². The number of ether oxygens (including phenoxy) is 1. The number of alkyl halides is 1. The van der Waals surface area contributed by atoms with Crippen LogP contribution in [-0.2, 0) is 9.53 Å². The molecule has 0 radical (unpaired) electrons. The van der Waals surface area contributed by atoms with Crippen LogP contribution in [0, 0.1) is 0 Å². The topological polar surface area (TPSA) is 38.3 Å². The van der Waals surface area contributed by atoms with Crippen molar-refractivity contribution in [3.05, 3.63) is 0 Å². The summed E-state index contributed by atoms with van der Waals surface area (Å²) in [5, 5.41) is 3.89. The van der Waals surface area contributed by atoms with E-state index in [2.05, 4.69) is 28.2 Å². The van der Waals surface area contributed by atoms with Crippen molar-refractivity contribution in [1.29, 1.82) is 0 Å². The van der Waals surface area contributed by atoms with E-state index in [4.69, 9.17) is 4.74 Å². The fourth-order valence-electron chi connectivity index (χ4n) is 1.54. The zero-order valence-electron chi connectivity index (χ0n) is 10.4. The summed E-state index contributed by atoms with van der Waals surface area (Å²) in [5.41, 5.74) is 0. The molecule has 0 fully saturated rings. The zero-order valence-corrected chi connectivity index (χ0v) is 12.0. The normalized spacial score (nSPS) is 12.4. The van der Waals surface area contributed by atoms with Gasteiger partial charge in [0.25, 0.3) is 0 Å². The van der Waals surface area contributed by atoms with E-state index in [1.54, 1.807) is 7.11 Å². The van der Waals surface area contributed by atoms with Crippen LogP contribution in [0.1, 0.15) is 45.4 Å². The maximum atomic E-state index is 11.6. The van der Waals surface area contributed by atoms with Crippen LogP contribution in [0.3, 0.4) is 0 Å². The van der Waals surface area contributed by atoms with Gasteiger partial charge in [-0.05, 0) is 12.8 Å². The van der Waals surface area contributed by atoms with Crippen molar-refractivity contribution in [2.24, 2.45) is 0 Å². The molecule has 1 N–H and O–H groups in total. The second-order valence-electron chi connectivity index (χ2n) is 4.01. The third kappa shape index (κ3) is 9.16. The molecule has 0 heterocycles. The highest BCUT2D eigenvalue weighted by Crippen LogP contribution is 2.03. The Morgan fingerprint density at radius 2 is 2.12 bits per heavy atom. The van der Waals surface area contributed by atoms with Gasteiger partial charge in [-0.15, -0.1) is 0 Å². The maximum Gasteiger partial charge on any atom is 0.220 e. The molecule has 3 nitrogen and oxygen atoms in total. The van der Waals surface area contributed by atoms with E-state index in [0.29, 0.717) is 13.0 Å². The molecule has 96 valence electrons. The van der Waals surface area contributed by atoms with Crippen molar-refractivity contribution in [2.45, 2.75) is 51.5 Å². The Morgan fingerprint density at radius 1 is 1.38 bits per heavy atom. The Balaban J connectivity index is 3.63. The van der Waals surface area contributed by atoms with E-state index in [1.165, 1.54) is 12.8 Å². The smallest absolute Gasteiger partial charge is 0.220 e. The maximum absolute atomic E-state index is 11.6. The number of hydrogen-bond acceptors (Lipinski definition) is 2. The summed E-state index contributed by atoms with van der Waals surface area (Å²) in [6.07, 6.45) is 6.12. The molecule has 0 bridgehead atoms. The van der Waals surface area contributed by atoms with E-state index in [0.717, 1.165) is 24.6 Å². The molecular formula is C12H24BrNO2. The van der Waals surface area contributed by atoms with Crippen LogP contribution < -0.4 is 5.32 Å². The van der Waals surface area contributed by atoms with Gasteiger partial charge in [0.2, 0.25) is 5.91 Å². The van der Waals surface area contributed by atoms with Crippen molar-refractivity contribution in [3.63, 3.8) is 0 Å². The van der Waals surface area contributed by atoms with Crippen LogP contribution in [0.4, 0.5) is 0 Å². The SMILES string of the molecule is CCCCCCC(=O)NC(CCBr)COC. The lowest BCUT2D eigenvalue weighted by atomic mass is 10.1. The largest absolute Gasteiger partial charge is 0.383 e. The van der Waals surface area contributed by atoms with Gasteiger partial charge in [-0.1, -0.05) is 42.1 Å². The number of carbonyl (C=O) groups is 1. The molecule has 0 aliphatic carbocycles. The van der Waals surface area contributed by atoms with E-state index >= 15 is 0 Å². The van der Waals surface area contributed by atoms with Gasteiger partial charge >= 0.3 is 0 Å². The molecule has 0 rings (SSSR count). The van der Waals surface area contributed by atoms with Gasteiger partial charge in [0.15, 0.2) is 0 Å². The van der Waals surface area contributed by atoms with E-state index in [-0.39, 0.29) is 11.9 Å². The van der Waals surface area contributed by atoms with Gasteiger partial charge in [0, 0.05) is 18.9 Å². The number of methoxy groups -OCH3 is 1. The van der Waals surface area contributed by atoms with Crippen molar-refractivity contribution < 1.29 is 9.53 Å². The van der Waals surface area contributed by atoms with Gasteiger partial charge in [-0.2, -0.15) is 0 Å². The van der Waals surface area contributed by atoms with Crippen molar-refractivity contribution in [1.82, 2.24) is 5.32 Å². The molecule has 0 saturated carbocycles. The van der Waals surface area contributed by atoms with Crippen LogP contribution in [-0.4, -0.2) is 31.0 Å². The lowest BCUT2D eigenvalue weighted by Gasteiger charge is -2.16. The Kier molecular flexibility index (Phi) is 11.3. The summed E-state index contributed by atoms with van der Waals surface area (Å²) in [7, 11) is 1.66. The fraction of sp³-hybridized carbons (Fsp3) is 0.917. The predicted molar refractivity (Wildman–Crippen MR) is 71.0 cm³/mol. The van der Waals surface area contributed by atoms with Crippen LogP contribution in [0.5, 0.6) is 0 Å². The number of amides is 1. The molecule has 0 aromatic carbocycles. The Morgan fingerprint density at radius 3 is 2.69 bits per heavy atom. The third-order valence-corrected chi connectivity index (χ3v) is 2.91. The molecule has 4 heteroatoms. The summed E-state index contributed by atoms with van der Waals surface area (Å²) in [6, 6.07) is 0.142. The molecule has 0 aromatic rings. The molecular weight excluding hydrogens is 270 g/mol. The highest BCUT2D eigenvalue weighted by Gasteiger charge is 2.10. The van der Waals surface area contributed by atoms with Crippen LogP contribution in [0.15, 0.2) is 0 Å². The predicted octanol–water partition coefficient (Wildman–Crippen LogP) is 2.87. The second-order valence-corrected chi connectivity index (χ2v) is 4.80. The Hall–Kier alpha value is -0.0900. The first-order chi connectivity index (χ1) is 7.74. The third-order valence-electron chi connectivity index (χ3n) is 2.45. The summed E-state index contributed by atoms with van der Waals surface area (Å²) in [6.45, 7) is 2.76. The van der Waals surface area contributed by atoms with Gasteiger partial charge in [-0.3, -0.25) is 4.79 Å². The van der Waals surface area contributed by atoms with Crippen molar-refractivity contribution in [2.75, 3.05) is 19.0 Å². The number of hydrogen-bond donors (Lipinski definition) is 1. The average Bonchev–Trinajstić information content (AvgIpc) is 2.25. The summed E-state index contributed by atoms with van der Waals surface area (Å²) in [5.74, 6) is 0.152. The number of rotatable bonds is 10. The van der Waals surface area contributed by atoms with Gasteiger partial charge in [-0.25, -0.2) is 0 Å². The molecule has 1 unspecified atom stereocenters. The minimum Gasteiger partial charge on any atom is -0.383 e. The number of halogens is 1. The highest BCUT2D eigenvalue weighted by molar-refractivity contribution is 9.09. The lowest BCUT2D eigenvalue weighted by Crippen LogP contribution is -2.38. The van der Waals surface area contributed by atoms with Crippen molar-refractivity contribution in [3.8, 4) is 0 Å². The van der Waals surface area contributed by atoms with E-state index < -0.39 is 0 Å². The standard InChI is InChI=1S/C12H24BrNO2/c1-3-4-5-6-7-12(15)14-11(8-9-13)10-16-2/h11H,3-10H2,1-2H3,(H,14,15). The Bertz CT molecular complexity index is 170. The molecule has 1 atom stereocenters. The van der Waals surface area contributed by atoms with Crippen LogP contribution in [0.2, 0.25) is 0 Å². The molecule has 0 aromatic heterocycles. The van der Waals surface area contributed by atoms with Gasteiger partial charge in [0.1, 0.15) is 0 Å². The highest BCUT2D eigenvalue weighted by atomic mass is 79.9. The van der Waals surface area contributed by atoms with Gasteiger partial charge < -0.3 is 10.1 Å². The minimum absolute atomic E-state index is 0.142. The first-order valence-corrected chi connectivity index (χ1v) is 7.21. The Labute approximate surface area is 107 Å². The summed E-state index contributed by atoms with van der Waals surface area (Å²) < 4.78 is 5.06. The monoisotopic (exact) mass is 293 g/mol. The molecule has 0 saturated heterocycles. The van der Waals surface area contributed by atoms with Crippen molar-refractivity contribution >= 4 is 21.8 Å². The van der Waals surface area contributed by atoms with Crippen LogP contribution >= 0.6 is 15.9 Å². The molecule has 0 aliphatic heterocycles.